The van der Waals surface area contributed by atoms with Gasteiger partial charge in [-0.25, -0.2) is 0 Å². The summed E-state index contributed by atoms with van der Waals surface area (Å²) < 4.78 is 0. The Kier molecular flexibility index (Phi) is 4.52. The van der Waals surface area contributed by atoms with Gasteiger partial charge in [0.25, 0.3) is 0 Å². The number of aliphatic hydroxyl groups excluding tert-OH is 1. The van der Waals surface area contributed by atoms with Crippen LogP contribution in [-0.2, 0) is 0 Å². The molecule has 0 aliphatic carbocycles. The largest absolute Gasteiger partial charge is 0.390 e. The van der Waals surface area contributed by atoms with Crippen molar-refractivity contribution in [3.05, 3.63) is 0 Å². The molecule has 1 aliphatic heterocycles. The van der Waals surface area contributed by atoms with E-state index in [1.54, 1.807) is 0 Å². The summed E-state index contributed by atoms with van der Waals surface area (Å²) >= 11 is 2.01. The highest BCUT2D eigenvalue weighted by Crippen LogP contribution is 2.23. The molecule has 78 valence electrons. The molecule has 4 heteroatoms. The fourth-order valence-electron chi connectivity index (χ4n) is 1.60. The highest BCUT2D eigenvalue weighted by atomic mass is 32.2. The number of nitrogens with two attached hydrogens (primary N) is 1. The lowest BCUT2D eigenvalue weighted by molar-refractivity contribution is 0.0982. The van der Waals surface area contributed by atoms with Crippen molar-refractivity contribution < 1.29 is 5.11 Å². The highest BCUT2D eigenvalue weighted by Gasteiger charge is 2.25. The molecule has 1 saturated heterocycles. The average Bonchev–Trinajstić information content (AvgIpc) is 2.13. The van der Waals surface area contributed by atoms with Crippen molar-refractivity contribution in [3.8, 4) is 0 Å². The highest BCUT2D eigenvalue weighted by molar-refractivity contribution is 8.00. The van der Waals surface area contributed by atoms with Crippen molar-refractivity contribution in [3.63, 3.8) is 0 Å². The molecule has 3 N–H and O–H groups in total. The fourth-order valence-corrected chi connectivity index (χ4v) is 2.76. The standard InChI is InChI=1S/C9H20N2OS/c1-7-8(2)13-4-3-11(7)6-9(12)5-10/h7-9,12H,3-6,10H2,1-2H3. The van der Waals surface area contributed by atoms with E-state index in [1.807, 2.05) is 11.8 Å². The van der Waals surface area contributed by atoms with Crippen LogP contribution < -0.4 is 5.73 Å². The van der Waals surface area contributed by atoms with Gasteiger partial charge in [0.2, 0.25) is 0 Å². The lowest BCUT2D eigenvalue weighted by Crippen LogP contribution is -2.48. The number of aliphatic hydroxyl groups is 1. The van der Waals surface area contributed by atoms with Crippen LogP contribution in [0.15, 0.2) is 0 Å². The predicted octanol–water partition coefficient (Wildman–Crippen LogP) is 0.132. The first kappa shape index (κ1) is 11.3. The summed E-state index contributed by atoms with van der Waals surface area (Å²) in [4.78, 5) is 2.33. The zero-order valence-corrected chi connectivity index (χ0v) is 9.26. The SMILES string of the molecule is CC1SCCN(CC(O)CN)C1C. The Morgan fingerprint density at radius 3 is 2.92 bits per heavy atom. The van der Waals surface area contributed by atoms with Crippen LogP contribution in [0.2, 0.25) is 0 Å². The molecule has 0 amide bonds. The first-order chi connectivity index (χ1) is 6.15. The molecule has 0 spiro atoms. The van der Waals surface area contributed by atoms with Crippen LogP contribution in [0.1, 0.15) is 13.8 Å². The van der Waals surface area contributed by atoms with Gasteiger partial charge in [-0.05, 0) is 6.92 Å². The van der Waals surface area contributed by atoms with Gasteiger partial charge in [0.1, 0.15) is 0 Å². The normalized spacial score (nSPS) is 33.2. The molecule has 0 radical (unpaired) electrons. The number of hydrogen-bond donors (Lipinski definition) is 2. The Balaban J connectivity index is 2.39. The van der Waals surface area contributed by atoms with E-state index in [9.17, 15) is 5.11 Å². The number of β-amino-alcohol motifs (C(OH)–C–C–N with tert-alkyl or cyclic N) is 1. The summed E-state index contributed by atoms with van der Waals surface area (Å²) in [6.07, 6.45) is -0.363. The first-order valence-electron chi connectivity index (χ1n) is 4.89. The van der Waals surface area contributed by atoms with Crippen molar-refractivity contribution in [2.75, 3.05) is 25.4 Å². The van der Waals surface area contributed by atoms with Gasteiger partial charge in [0, 0.05) is 36.7 Å². The van der Waals surface area contributed by atoms with Gasteiger partial charge in [-0.15, -0.1) is 0 Å². The number of hydrogen-bond acceptors (Lipinski definition) is 4. The minimum Gasteiger partial charge on any atom is -0.390 e. The van der Waals surface area contributed by atoms with Crippen molar-refractivity contribution in [2.24, 2.45) is 5.73 Å². The maximum atomic E-state index is 9.44. The first-order valence-corrected chi connectivity index (χ1v) is 5.93. The van der Waals surface area contributed by atoms with Gasteiger partial charge in [0.15, 0.2) is 0 Å². The molecule has 3 unspecified atom stereocenters. The second-order valence-electron chi connectivity index (χ2n) is 3.70. The van der Waals surface area contributed by atoms with Gasteiger partial charge < -0.3 is 10.8 Å². The maximum absolute atomic E-state index is 9.44. The van der Waals surface area contributed by atoms with Crippen LogP contribution >= 0.6 is 11.8 Å². The predicted molar refractivity (Wildman–Crippen MR) is 58.0 cm³/mol. The van der Waals surface area contributed by atoms with E-state index >= 15 is 0 Å². The van der Waals surface area contributed by atoms with E-state index < -0.39 is 0 Å². The third-order valence-corrected chi connectivity index (χ3v) is 4.07. The summed E-state index contributed by atoms with van der Waals surface area (Å²) in [6.45, 7) is 6.64. The fraction of sp³-hybridized carbons (Fsp3) is 1.00. The van der Waals surface area contributed by atoms with Gasteiger partial charge in [0.05, 0.1) is 6.10 Å². The van der Waals surface area contributed by atoms with Gasteiger partial charge in [-0.2, -0.15) is 11.8 Å². The molecule has 1 rings (SSSR count). The van der Waals surface area contributed by atoms with Crippen molar-refractivity contribution in [2.45, 2.75) is 31.2 Å². The summed E-state index contributed by atoms with van der Waals surface area (Å²) in [6, 6.07) is 0.556. The van der Waals surface area contributed by atoms with Gasteiger partial charge >= 0.3 is 0 Å². The minimum atomic E-state index is -0.363. The van der Waals surface area contributed by atoms with E-state index in [-0.39, 0.29) is 6.10 Å². The van der Waals surface area contributed by atoms with Crippen LogP contribution in [0.4, 0.5) is 0 Å². The molecule has 1 fully saturated rings. The Morgan fingerprint density at radius 1 is 1.62 bits per heavy atom. The molecular weight excluding hydrogens is 184 g/mol. The average molecular weight is 204 g/mol. The monoisotopic (exact) mass is 204 g/mol. The van der Waals surface area contributed by atoms with Crippen LogP contribution in [-0.4, -0.2) is 52.8 Å². The van der Waals surface area contributed by atoms with Crippen molar-refractivity contribution in [1.29, 1.82) is 0 Å². The quantitative estimate of drug-likeness (QED) is 0.686. The van der Waals surface area contributed by atoms with E-state index in [1.165, 1.54) is 5.75 Å². The van der Waals surface area contributed by atoms with Crippen molar-refractivity contribution in [1.82, 2.24) is 4.90 Å². The molecule has 3 nitrogen and oxygen atoms in total. The minimum absolute atomic E-state index is 0.363. The molecule has 0 aromatic heterocycles. The topological polar surface area (TPSA) is 49.5 Å². The van der Waals surface area contributed by atoms with Crippen LogP contribution in [0, 0.1) is 0 Å². The zero-order chi connectivity index (χ0) is 9.84. The van der Waals surface area contributed by atoms with E-state index in [4.69, 9.17) is 5.73 Å². The molecule has 0 aromatic rings. The Hall–Kier alpha value is 0.230. The second kappa shape index (κ2) is 5.20. The Bertz CT molecular complexity index is 157. The lowest BCUT2D eigenvalue weighted by Gasteiger charge is -2.38. The van der Waals surface area contributed by atoms with Crippen LogP contribution in [0.25, 0.3) is 0 Å². The second-order valence-corrected chi connectivity index (χ2v) is 5.19. The van der Waals surface area contributed by atoms with Crippen LogP contribution in [0.3, 0.4) is 0 Å². The third kappa shape index (κ3) is 3.13. The summed E-state index contributed by atoms with van der Waals surface area (Å²) in [5.74, 6) is 1.17. The maximum Gasteiger partial charge on any atom is 0.0789 e. The molecule has 1 heterocycles. The molecule has 0 saturated carbocycles. The summed E-state index contributed by atoms with van der Waals surface area (Å²) in [7, 11) is 0. The van der Waals surface area contributed by atoms with E-state index in [0.717, 1.165) is 13.1 Å². The lowest BCUT2D eigenvalue weighted by atomic mass is 10.2. The van der Waals surface area contributed by atoms with Gasteiger partial charge in [-0.1, -0.05) is 6.92 Å². The Labute approximate surface area is 84.7 Å². The smallest absolute Gasteiger partial charge is 0.0789 e. The molecule has 1 aliphatic rings. The van der Waals surface area contributed by atoms with Crippen LogP contribution in [0.5, 0.6) is 0 Å². The number of nitrogens with zero attached hydrogens (tertiary/aromatic N) is 1. The molecule has 3 atom stereocenters. The Morgan fingerprint density at radius 2 is 2.31 bits per heavy atom. The number of rotatable bonds is 3. The zero-order valence-electron chi connectivity index (χ0n) is 8.44. The molecule has 0 aromatic carbocycles. The van der Waals surface area contributed by atoms with Gasteiger partial charge in [-0.3, -0.25) is 4.90 Å². The molecule has 0 bridgehead atoms. The number of thioether (sulfide) groups is 1. The third-order valence-electron chi connectivity index (χ3n) is 2.73. The van der Waals surface area contributed by atoms with E-state index in [2.05, 4.69) is 18.7 Å². The van der Waals surface area contributed by atoms with Crippen molar-refractivity contribution >= 4 is 11.8 Å². The molecular formula is C9H20N2OS. The summed E-state index contributed by atoms with van der Waals surface area (Å²) in [5, 5.41) is 10.1. The molecule has 13 heavy (non-hydrogen) atoms. The van der Waals surface area contributed by atoms with E-state index in [0.29, 0.717) is 17.8 Å². The summed E-state index contributed by atoms with van der Waals surface area (Å²) in [5.41, 5.74) is 5.39.